The van der Waals surface area contributed by atoms with Crippen molar-refractivity contribution < 1.29 is 9.53 Å². The van der Waals surface area contributed by atoms with Gasteiger partial charge in [0.2, 0.25) is 0 Å². The molecule has 0 radical (unpaired) electrons. The highest BCUT2D eigenvalue weighted by atomic mass is 16.5. The lowest BCUT2D eigenvalue weighted by atomic mass is 10.0. The Labute approximate surface area is 129 Å². The third kappa shape index (κ3) is 7.69. The van der Waals surface area contributed by atoms with Crippen molar-refractivity contribution in [1.82, 2.24) is 0 Å². The maximum atomic E-state index is 11.6. The predicted octanol–water partition coefficient (Wildman–Crippen LogP) is 5.08. The first kappa shape index (κ1) is 17.5. The lowest BCUT2D eigenvalue weighted by Crippen LogP contribution is -2.18. The average molecular weight is 288 g/mol. The number of aryl methyl sites for hydroxylation is 1. The van der Waals surface area contributed by atoms with Gasteiger partial charge in [-0.2, -0.15) is 0 Å². The molecule has 1 aromatic carbocycles. The monoisotopic (exact) mass is 288 g/mol. The first-order chi connectivity index (χ1) is 10.1. The summed E-state index contributed by atoms with van der Waals surface area (Å²) in [7, 11) is 0. The Kier molecular flexibility index (Phi) is 8.49. The van der Waals surface area contributed by atoms with Crippen LogP contribution in [0.2, 0.25) is 0 Å². The predicted molar refractivity (Wildman–Crippen MR) is 88.2 cm³/mol. The maximum absolute atomic E-state index is 11.6. The quantitative estimate of drug-likeness (QED) is 0.341. The summed E-state index contributed by atoms with van der Waals surface area (Å²) in [4.78, 5) is 11.6. The molecular formula is C19H28O2. The Morgan fingerprint density at radius 2 is 1.86 bits per heavy atom. The summed E-state index contributed by atoms with van der Waals surface area (Å²) in [6, 6.07) is 10.6. The highest BCUT2D eigenvalue weighted by Gasteiger charge is 2.13. The molecule has 1 aromatic rings. The van der Waals surface area contributed by atoms with Crippen molar-refractivity contribution in [2.75, 3.05) is 0 Å². The summed E-state index contributed by atoms with van der Waals surface area (Å²) in [6.07, 6.45) is 7.61. The molecule has 0 fully saturated rings. The third-order valence-corrected chi connectivity index (χ3v) is 3.57. The largest absolute Gasteiger partial charge is 0.459 e. The van der Waals surface area contributed by atoms with Crippen LogP contribution in [0.1, 0.15) is 57.9 Å². The molecule has 1 unspecified atom stereocenters. The van der Waals surface area contributed by atoms with Crippen LogP contribution < -0.4 is 0 Å². The second-order valence-electron chi connectivity index (χ2n) is 5.68. The number of carbonyl (C=O) groups is 1. The average Bonchev–Trinajstić information content (AvgIpc) is 2.48. The fraction of sp³-hybridized carbons (Fsp3) is 0.526. The summed E-state index contributed by atoms with van der Waals surface area (Å²) in [5.74, 6) is -0.252. The zero-order chi connectivity index (χ0) is 15.5. The van der Waals surface area contributed by atoms with Gasteiger partial charge in [0.05, 0.1) is 0 Å². The van der Waals surface area contributed by atoms with E-state index in [0.29, 0.717) is 5.57 Å². The van der Waals surface area contributed by atoms with Gasteiger partial charge in [-0.15, -0.1) is 0 Å². The topological polar surface area (TPSA) is 26.3 Å². The molecule has 2 heteroatoms. The first-order valence-corrected chi connectivity index (χ1v) is 8.04. The van der Waals surface area contributed by atoms with Gasteiger partial charge in [-0.25, -0.2) is 4.79 Å². The number of ether oxygens (including phenoxy) is 1. The second-order valence-corrected chi connectivity index (χ2v) is 5.68. The summed E-state index contributed by atoms with van der Waals surface area (Å²) in [5.41, 5.74) is 1.89. The molecular weight excluding hydrogens is 260 g/mol. The molecule has 0 saturated carbocycles. The molecule has 0 N–H and O–H groups in total. The summed E-state index contributed by atoms with van der Waals surface area (Å²) in [6.45, 7) is 7.46. The highest BCUT2D eigenvalue weighted by Crippen LogP contribution is 2.15. The molecule has 0 aliphatic rings. The lowest BCUT2D eigenvalue weighted by Gasteiger charge is -2.17. The van der Waals surface area contributed by atoms with E-state index in [1.54, 1.807) is 6.92 Å². The van der Waals surface area contributed by atoms with E-state index < -0.39 is 0 Å². The van der Waals surface area contributed by atoms with E-state index in [-0.39, 0.29) is 12.1 Å². The van der Waals surface area contributed by atoms with Crippen LogP contribution in [0.25, 0.3) is 0 Å². The Morgan fingerprint density at radius 3 is 2.48 bits per heavy atom. The molecule has 0 aromatic heterocycles. The van der Waals surface area contributed by atoms with Crippen LogP contribution in [-0.2, 0) is 16.0 Å². The summed E-state index contributed by atoms with van der Waals surface area (Å²) >= 11 is 0. The van der Waals surface area contributed by atoms with Crippen molar-refractivity contribution in [3.05, 3.63) is 48.0 Å². The third-order valence-electron chi connectivity index (χ3n) is 3.57. The van der Waals surface area contributed by atoms with Crippen molar-refractivity contribution in [2.24, 2.45) is 0 Å². The number of hydrogen-bond donors (Lipinski definition) is 0. The van der Waals surface area contributed by atoms with Gasteiger partial charge < -0.3 is 4.74 Å². The van der Waals surface area contributed by atoms with Crippen LogP contribution in [0.4, 0.5) is 0 Å². The van der Waals surface area contributed by atoms with Crippen molar-refractivity contribution in [1.29, 1.82) is 0 Å². The van der Waals surface area contributed by atoms with Gasteiger partial charge in [-0.3, -0.25) is 0 Å². The number of rotatable bonds is 10. The molecule has 0 spiro atoms. The minimum Gasteiger partial charge on any atom is -0.459 e. The molecule has 0 aliphatic carbocycles. The number of esters is 1. The lowest BCUT2D eigenvalue weighted by molar-refractivity contribution is -0.144. The number of carbonyl (C=O) groups excluding carboxylic acids is 1. The van der Waals surface area contributed by atoms with E-state index in [0.717, 1.165) is 32.1 Å². The molecule has 0 aliphatic heterocycles. The minimum atomic E-state index is -0.252. The van der Waals surface area contributed by atoms with Crippen LogP contribution in [0.5, 0.6) is 0 Å². The van der Waals surface area contributed by atoms with E-state index in [1.165, 1.54) is 18.4 Å². The van der Waals surface area contributed by atoms with E-state index in [9.17, 15) is 4.79 Å². The molecule has 0 heterocycles. The zero-order valence-corrected chi connectivity index (χ0v) is 13.4. The fourth-order valence-electron chi connectivity index (χ4n) is 2.36. The Bertz CT molecular complexity index is 422. The summed E-state index contributed by atoms with van der Waals surface area (Å²) < 4.78 is 5.48. The molecule has 1 rings (SSSR count). The van der Waals surface area contributed by atoms with Gasteiger partial charge in [-0.05, 0) is 44.6 Å². The Hall–Kier alpha value is -1.57. The Balaban J connectivity index is 2.21. The molecule has 2 nitrogen and oxygen atoms in total. The van der Waals surface area contributed by atoms with Gasteiger partial charge in [-0.1, -0.05) is 56.7 Å². The number of hydrogen-bond acceptors (Lipinski definition) is 2. The van der Waals surface area contributed by atoms with Crippen LogP contribution in [0.15, 0.2) is 42.5 Å². The van der Waals surface area contributed by atoms with Crippen LogP contribution in [0.3, 0.4) is 0 Å². The van der Waals surface area contributed by atoms with Crippen molar-refractivity contribution >= 4 is 5.97 Å². The number of unbranched alkanes of at least 4 members (excludes halogenated alkanes) is 2. The maximum Gasteiger partial charge on any atom is 0.333 e. The highest BCUT2D eigenvalue weighted by molar-refractivity contribution is 5.87. The van der Waals surface area contributed by atoms with Crippen molar-refractivity contribution in [2.45, 2.75) is 64.9 Å². The van der Waals surface area contributed by atoms with Crippen molar-refractivity contribution in [3.8, 4) is 0 Å². The second kappa shape index (κ2) is 10.2. The van der Waals surface area contributed by atoms with Gasteiger partial charge in [0.25, 0.3) is 0 Å². The standard InChI is InChI=1S/C19H28O2/c1-4-11-18(21-19(20)16(2)3)15-10-6-9-14-17-12-7-5-8-13-17/h5,7-8,12-13,18H,2,4,6,9-11,14-15H2,1,3H3. The molecule has 0 saturated heterocycles. The molecule has 0 bridgehead atoms. The minimum absolute atomic E-state index is 0.0518. The van der Waals surface area contributed by atoms with Gasteiger partial charge >= 0.3 is 5.97 Å². The zero-order valence-electron chi connectivity index (χ0n) is 13.4. The first-order valence-electron chi connectivity index (χ1n) is 8.04. The van der Waals surface area contributed by atoms with E-state index in [4.69, 9.17) is 4.74 Å². The Morgan fingerprint density at radius 1 is 1.14 bits per heavy atom. The molecule has 0 amide bonds. The van der Waals surface area contributed by atoms with Gasteiger partial charge in [0.15, 0.2) is 0 Å². The number of benzene rings is 1. The molecule has 21 heavy (non-hydrogen) atoms. The normalized spacial score (nSPS) is 11.9. The van der Waals surface area contributed by atoms with Gasteiger partial charge in [0.1, 0.15) is 6.10 Å². The SMILES string of the molecule is C=C(C)C(=O)OC(CCC)CCCCCc1ccccc1. The fourth-order valence-corrected chi connectivity index (χ4v) is 2.36. The van der Waals surface area contributed by atoms with Crippen LogP contribution in [0, 0.1) is 0 Å². The molecule has 1 atom stereocenters. The van der Waals surface area contributed by atoms with E-state index >= 15 is 0 Å². The smallest absolute Gasteiger partial charge is 0.333 e. The van der Waals surface area contributed by atoms with Crippen molar-refractivity contribution in [3.63, 3.8) is 0 Å². The van der Waals surface area contributed by atoms with Gasteiger partial charge in [0, 0.05) is 5.57 Å². The van der Waals surface area contributed by atoms with E-state index in [1.807, 2.05) is 0 Å². The van der Waals surface area contributed by atoms with Crippen LogP contribution in [-0.4, -0.2) is 12.1 Å². The molecule has 116 valence electrons. The van der Waals surface area contributed by atoms with Crippen LogP contribution >= 0.6 is 0 Å². The summed E-state index contributed by atoms with van der Waals surface area (Å²) in [5, 5.41) is 0. The van der Waals surface area contributed by atoms with E-state index in [2.05, 4.69) is 43.8 Å².